The first-order chi connectivity index (χ1) is 9.63. The van der Waals surface area contributed by atoms with Gasteiger partial charge >= 0.3 is 12.1 Å². The number of carboxylic acid groups (broad SMARTS) is 1. The lowest BCUT2D eigenvalue weighted by molar-refractivity contribution is 0.0668. The van der Waals surface area contributed by atoms with Crippen LogP contribution in [-0.2, 0) is 4.74 Å². The maximum Gasteiger partial charge on any atom is 0.410 e. The minimum Gasteiger partial charge on any atom is -0.476 e. The quantitative estimate of drug-likeness (QED) is 0.824. The summed E-state index contributed by atoms with van der Waals surface area (Å²) < 4.78 is 6.37. The first-order valence-corrected chi connectivity index (χ1v) is 6.29. The summed E-state index contributed by atoms with van der Waals surface area (Å²) in [5, 5.41) is 16.5. The van der Waals surface area contributed by atoms with Gasteiger partial charge in [0, 0.05) is 13.1 Å². The van der Waals surface area contributed by atoms with Crippen molar-refractivity contribution < 1.29 is 19.4 Å². The molecule has 1 aliphatic rings. The Bertz CT molecular complexity index is 505. The Hall–Kier alpha value is -2.38. The molecule has 0 aromatic carbocycles. The summed E-state index contributed by atoms with van der Waals surface area (Å²) in [6.07, 6.45) is 3.60. The number of carbonyl (C=O) groups excluding carboxylic acids is 1. The number of piperidine rings is 1. The van der Waals surface area contributed by atoms with Gasteiger partial charge in [0.15, 0.2) is 5.69 Å². The van der Waals surface area contributed by atoms with Crippen LogP contribution in [0, 0.1) is 0 Å². The van der Waals surface area contributed by atoms with Crippen LogP contribution < -0.4 is 0 Å². The summed E-state index contributed by atoms with van der Waals surface area (Å²) in [4.78, 5) is 24.3. The number of carboxylic acids is 1. The first-order valence-electron chi connectivity index (χ1n) is 6.29. The molecule has 1 fully saturated rings. The Balaban J connectivity index is 1.94. The van der Waals surface area contributed by atoms with E-state index in [2.05, 4.69) is 16.9 Å². The molecule has 1 aromatic heterocycles. The summed E-state index contributed by atoms with van der Waals surface area (Å²) in [5.74, 6) is -1.05. The monoisotopic (exact) mass is 280 g/mol. The van der Waals surface area contributed by atoms with Gasteiger partial charge in [0.1, 0.15) is 6.61 Å². The Morgan fingerprint density at radius 3 is 2.80 bits per heavy atom. The molecular formula is C12H16N4O4. The van der Waals surface area contributed by atoms with Crippen molar-refractivity contribution in [1.82, 2.24) is 19.9 Å². The largest absolute Gasteiger partial charge is 0.476 e. The van der Waals surface area contributed by atoms with Gasteiger partial charge in [-0.3, -0.25) is 0 Å². The fourth-order valence-corrected chi connectivity index (χ4v) is 2.18. The molecule has 1 saturated heterocycles. The molecule has 1 aromatic rings. The van der Waals surface area contributed by atoms with E-state index in [1.807, 2.05) is 0 Å². The molecule has 108 valence electrons. The highest BCUT2D eigenvalue weighted by atomic mass is 16.6. The van der Waals surface area contributed by atoms with Crippen molar-refractivity contribution in [2.24, 2.45) is 0 Å². The zero-order chi connectivity index (χ0) is 14.5. The molecule has 0 saturated carbocycles. The molecule has 8 nitrogen and oxygen atoms in total. The van der Waals surface area contributed by atoms with Gasteiger partial charge in [0.25, 0.3) is 0 Å². The maximum atomic E-state index is 11.7. The molecule has 2 rings (SSSR count). The second-order valence-electron chi connectivity index (χ2n) is 4.45. The normalized spacial score (nSPS) is 15.9. The van der Waals surface area contributed by atoms with Crippen LogP contribution in [0.5, 0.6) is 0 Å². The molecule has 8 heteroatoms. The van der Waals surface area contributed by atoms with Crippen LogP contribution in [0.4, 0.5) is 4.79 Å². The fraction of sp³-hybridized carbons (Fsp3) is 0.500. The Morgan fingerprint density at radius 1 is 1.50 bits per heavy atom. The third-order valence-electron chi connectivity index (χ3n) is 3.19. The van der Waals surface area contributed by atoms with E-state index in [1.54, 1.807) is 4.90 Å². The average Bonchev–Trinajstić information content (AvgIpc) is 2.94. The third kappa shape index (κ3) is 2.95. The van der Waals surface area contributed by atoms with Gasteiger partial charge in [0.2, 0.25) is 0 Å². The van der Waals surface area contributed by atoms with E-state index >= 15 is 0 Å². The van der Waals surface area contributed by atoms with Crippen molar-refractivity contribution >= 4 is 12.1 Å². The van der Waals surface area contributed by atoms with Crippen LogP contribution in [0.3, 0.4) is 0 Å². The number of nitrogens with zero attached hydrogens (tertiary/aromatic N) is 4. The molecule has 0 atom stereocenters. The lowest BCUT2D eigenvalue weighted by Crippen LogP contribution is -2.40. The minimum absolute atomic E-state index is 0.0629. The second-order valence-corrected chi connectivity index (χ2v) is 4.45. The molecule has 2 heterocycles. The number of hydrogen-bond acceptors (Lipinski definition) is 5. The lowest BCUT2D eigenvalue weighted by Gasteiger charge is -2.31. The SMILES string of the molecule is C=CCOC(=O)N1CCC(n2nncc2C(=O)O)CC1. The zero-order valence-electron chi connectivity index (χ0n) is 10.9. The number of ether oxygens (including phenoxy) is 1. The topological polar surface area (TPSA) is 97.5 Å². The van der Waals surface area contributed by atoms with Crippen molar-refractivity contribution in [2.75, 3.05) is 19.7 Å². The Kier molecular flexibility index (Phi) is 4.34. The van der Waals surface area contributed by atoms with Gasteiger partial charge in [0.05, 0.1) is 12.2 Å². The van der Waals surface area contributed by atoms with E-state index in [4.69, 9.17) is 9.84 Å². The van der Waals surface area contributed by atoms with E-state index in [0.717, 1.165) is 0 Å². The first kappa shape index (κ1) is 14.0. The standard InChI is InChI=1S/C12H16N4O4/c1-2-7-20-12(19)15-5-3-9(4-6-15)16-10(11(17)18)8-13-14-16/h2,8-9H,1,3-7H2,(H,17,18). The highest BCUT2D eigenvalue weighted by Gasteiger charge is 2.27. The van der Waals surface area contributed by atoms with Crippen LogP contribution in [-0.4, -0.2) is 56.8 Å². The molecule has 0 radical (unpaired) electrons. The van der Waals surface area contributed by atoms with Crippen molar-refractivity contribution in [2.45, 2.75) is 18.9 Å². The summed E-state index contributed by atoms with van der Waals surface area (Å²) >= 11 is 0. The average molecular weight is 280 g/mol. The summed E-state index contributed by atoms with van der Waals surface area (Å²) in [6.45, 7) is 4.66. The smallest absolute Gasteiger partial charge is 0.410 e. The predicted molar refractivity (Wildman–Crippen MR) is 68.4 cm³/mol. The number of aromatic carboxylic acids is 1. The Labute approximate surface area is 115 Å². The molecule has 20 heavy (non-hydrogen) atoms. The van der Waals surface area contributed by atoms with E-state index in [1.165, 1.54) is 17.0 Å². The van der Waals surface area contributed by atoms with Gasteiger partial charge < -0.3 is 14.7 Å². The third-order valence-corrected chi connectivity index (χ3v) is 3.19. The van der Waals surface area contributed by atoms with Gasteiger partial charge in [-0.15, -0.1) is 5.10 Å². The molecule has 0 spiro atoms. The highest BCUT2D eigenvalue weighted by Crippen LogP contribution is 2.23. The van der Waals surface area contributed by atoms with Gasteiger partial charge in [-0.2, -0.15) is 0 Å². The van der Waals surface area contributed by atoms with Crippen molar-refractivity contribution in [3.8, 4) is 0 Å². The van der Waals surface area contributed by atoms with Crippen LogP contribution in [0.2, 0.25) is 0 Å². The van der Waals surface area contributed by atoms with Crippen molar-refractivity contribution in [3.05, 3.63) is 24.5 Å². The molecule has 0 aliphatic carbocycles. The number of rotatable bonds is 4. The maximum absolute atomic E-state index is 11.7. The fourth-order valence-electron chi connectivity index (χ4n) is 2.18. The molecular weight excluding hydrogens is 264 g/mol. The van der Waals surface area contributed by atoms with Gasteiger partial charge in [-0.1, -0.05) is 17.9 Å². The van der Waals surface area contributed by atoms with E-state index < -0.39 is 5.97 Å². The van der Waals surface area contributed by atoms with Crippen LogP contribution >= 0.6 is 0 Å². The molecule has 0 unspecified atom stereocenters. The minimum atomic E-state index is -1.05. The number of likely N-dealkylation sites (tertiary alicyclic amines) is 1. The molecule has 1 amide bonds. The summed E-state index contributed by atoms with van der Waals surface area (Å²) in [7, 11) is 0. The molecule has 1 N–H and O–H groups in total. The second kappa shape index (κ2) is 6.18. The van der Waals surface area contributed by atoms with E-state index in [0.29, 0.717) is 25.9 Å². The molecule has 0 bridgehead atoms. The molecule has 1 aliphatic heterocycles. The van der Waals surface area contributed by atoms with E-state index in [-0.39, 0.29) is 24.4 Å². The predicted octanol–water partition coefficient (Wildman–Crippen LogP) is 0.936. The lowest BCUT2D eigenvalue weighted by atomic mass is 10.1. The number of carbonyl (C=O) groups is 2. The summed E-state index contributed by atoms with van der Waals surface area (Å²) in [6, 6.07) is -0.0629. The van der Waals surface area contributed by atoms with Crippen LogP contribution in [0.25, 0.3) is 0 Å². The number of amides is 1. The number of hydrogen-bond donors (Lipinski definition) is 1. The zero-order valence-corrected chi connectivity index (χ0v) is 10.9. The van der Waals surface area contributed by atoms with Crippen LogP contribution in [0.1, 0.15) is 29.4 Å². The van der Waals surface area contributed by atoms with Crippen molar-refractivity contribution in [3.63, 3.8) is 0 Å². The highest BCUT2D eigenvalue weighted by molar-refractivity contribution is 5.85. The number of aromatic nitrogens is 3. The van der Waals surface area contributed by atoms with Crippen LogP contribution in [0.15, 0.2) is 18.9 Å². The van der Waals surface area contributed by atoms with Gasteiger partial charge in [-0.25, -0.2) is 14.3 Å². The van der Waals surface area contributed by atoms with Crippen molar-refractivity contribution in [1.29, 1.82) is 0 Å². The summed E-state index contributed by atoms with van der Waals surface area (Å²) in [5.41, 5.74) is 0.0673. The van der Waals surface area contributed by atoms with Gasteiger partial charge in [-0.05, 0) is 12.8 Å². The van der Waals surface area contributed by atoms with E-state index in [9.17, 15) is 9.59 Å². The Morgan fingerprint density at radius 2 is 2.20 bits per heavy atom.